The molecule has 0 unspecified atom stereocenters. The lowest BCUT2D eigenvalue weighted by molar-refractivity contribution is -0.130. The molecule has 5 heteroatoms. The van der Waals surface area contributed by atoms with Crippen LogP contribution in [-0.4, -0.2) is 52.5 Å². The average molecular weight is 320 g/mol. The largest absolute Gasteiger partial charge is 0.387 e. The first-order valence-corrected chi connectivity index (χ1v) is 8.51. The Hall–Kier alpha value is -1.46. The molecular weight excluding hydrogens is 295 g/mol. The maximum Gasteiger partial charge on any atom is 0.219 e. The quantitative estimate of drug-likeness (QED) is 0.926. The van der Waals surface area contributed by atoms with Gasteiger partial charge in [0.05, 0.1) is 6.10 Å². The number of carbonyl (C=O) groups is 1. The summed E-state index contributed by atoms with van der Waals surface area (Å²) in [7, 11) is 0. The number of β-amino-alcohol motifs (C(OH)–C–C–N with tert-alkyl or cyclic N) is 1. The van der Waals surface area contributed by atoms with E-state index in [4.69, 9.17) is 0 Å². The summed E-state index contributed by atoms with van der Waals surface area (Å²) in [5.74, 6) is -0.178. The summed E-state index contributed by atoms with van der Waals surface area (Å²) >= 11 is 0. The first kappa shape index (κ1) is 16.4. The molecule has 0 aromatic heterocycles. The Bertz CT molecular complexity index is 566. The van der Waals surface area contributed by atoms with E-state index in [0.29, 0.717) is 18.2 Å². The Morgan fingerprint density at radius 2 is 2.04 bits per heavy atom. The van der Waals surface area contributed by atoms with Gasteiger partial charge in [-0.2, -0.15) is 0 Å². The van der Waals surface area contributed by atoms with Gasteiger partial charge in [0, 0.05) is 32.1 Å². The molecule has 0 spiro atoms. The van der Waals surface area contributed by atoms with Crippen LogP contribution in [0.4, 0.5) is 4.39 Å². The molecule has 4 nitrogen and oxygen atoms in total. The van der Waals surface area contributed by atoms with E-state index in [1.807, 2.05) is 4.90 Å². The molecule has 126 valence electrons. The van der Waals surface area contributed by atoms with Gasteiger partial charge in [0.25, 0.3) is 0 Å². The third-order valence-corrected chi connectivity index (χ3v) is 5.20. The molecule has 0 bridgehead atoms. The van der Waals surface area contributed by atoms with E-state index in [-0.39, 0.29) is 17.8 Å². The van der Waals surface area contributed by atoms with Crippen molar-refractivity contribution in [3.63, 3.8) is 0 Å². The van der Waals surface area contributed by atoms with E-state index in [2.05, 4.69) is 4.90 Å². The summed E-state index contributed by atoms with van der Waals surface area (Å²) in [5, 5.41) is 10.5. The summed E-state index contributed by atoms with van der Waals surface area (Å²) in [6.45, 7) is 3.91. The maximum absolute atomic E-state index is 13.3. The fourth-order valence-electron chi connectivity index (χ4n) is 4.14. The summed E-state index contributed by atoms with van der Waals surface area (Å²) < 4.78 is 13.3. The average Bonchev–Trinajstić information content (AvgIpc) is 3.15. The Morgan fingerprint density at radius 3 is 2.78 bits per heavy atom. The Labute approximate surface area is 136 Å². The Kier molecular flexibility index (Phi) is 4.97. The van der Waals surface area contributed by atoms with Crippen LogP contribution in [-0.2, 0) is 4.79 Å². The van der Waals surface area contributed by atoms with Crippen molar-refractivity contribution in [2.75, 3.05) is 19.6 Å². The van der Waals surface area contributed by atoms with Gasteiger partial charge in [-0.25, -0.2) is 4.39 Å². The van der Waals surface area contributed by atoms with Gasteiger partial charge in [0.2, 0.25) is 5.91 Å². The van der Waals surface area contributed by atoms with Crippen LogP contribution in [0.5, 0.6) is 0 Å². The lowest BCUT2D eigenvalue weighted by atomic mass is 10.0. The van der Waals surface area contributed by atoms with Crippen molar-refractivity contribution in [1.82, 2.24) is 9.80 Å². The van der Waals surface area contributed by atoms with E-state index in [0.717, 1.165) is 38.8 Å². The van der Waals surface area contributed by atoms with Crippen molar-refractivity contribution in [3.8, 4) is 0 Å². The van der Waals surface area contributed by atoms with Crippen molar-refractivity contribution < 1.29 is 14.3 Å². The van der Waals surface area contributed by atoms with Gasteiger partial charge in [0.15, 0.2) is 0 Å². The van der Waals surface area contributed by atoms with Gasteiger partial charge in [-0.3, -0.25) is 9.69 Å². The smallest absolute Gasteiger partial charge is 0.219 e. The second kappa shape index (κ2) is 6.97. The van der Waals surface area contributed by atoms with Crippen LogP contribution in [0.25, 0.3) is 0 Å². The number of halogens is 1. The maximum atomic E-state index is 13.3. The minimum Gasteiger partial charge on any atom is -0.387 e. The molecule has 2 aliphatic rings. The number of hydrogen-bond acceptors (Lipinski definition) is 3. The molecule has 0 saturated carbocycles. The molecule has 1 aromatic carbocycles. The third kappa shape index (κ3) is 3.56. The molecule has 2 saturated heterocycles. The number of hydrogen-bond donors (Lipinski definition) is 1. The number of likely N-dealkylation sites (tertiary alicyclic amines) is 2. The first-order chi connectivity index (χ1) is 11.1. The summed E-state index contributed by atoms with van der Waals surface area (Å²) in [6.07, 6.45) is 3.55. The number of benzene rings is 1. The van der Waals surface area contributed by atoms with E-state index < -0.39 is 6.10 Å². The van der Waals surface area contributed by atoms with Crippen LogP contribution in [0.15, 0.2) is 24.3 Å². The molecule has 2 fully saturated rings. The van der Waals surface area contributed by atoms with E-state index >= 15 is 0 Å². The predicted molar refractivity (Wildman–Crippen MR) is 86.4 cm³/mol. The van der Waals surface area contributed by atoms with Crippen LogP contribution in [0.3, 0.4) is 0 Å². The SMILES string of the molecule is CC(=O)N1CCC[C@@H]1[C@H]1CCCN1C[C@H](O)c1cccc(F)c1. The number of nitrogens with zero attached hydrogens (tertiary/aromatic N) is 2. The molecule has 0 radical (unpaired) electrons. The van der Waals surface area contributed by atoms with E-state index in [1.54, 1.807) is 19.1 Å². The van der Waals surface area contributed by atoms with Gasteiger partial charge >= 0.3 is 0 Å². The second-order valence-electron chi connectivity index (χ2n) is 6.70. The molecule has 23 heavy (non-hydrogen) atoms. The van der Waals surface area contributed by atoms with Crippen LogP contribution >= 0.6 is 0 Å². The number of aliphatic hydroxyl groups excluding tert-OH is 1. The highest BCUT2D eigenvalue weighted by Crippen LogP contribution is 2.31. The summed E-state index contributed by atoms with van der Waals surface area (Å²) in [5.41, 5.74) is 0.616. The highest BCUT2D eigenvalue weighted by molar-refractivity contribution is 5.74. The Balaban J connectivity index is 1.68. The monoisotopic (exact) mass is 320 g/mol. The van der Waals surface area contributed by atoms with Crippen LogP contribution in [0, 0.1) is 5.82 Å². The van der Waals surface area contributed by atoms with Crippen LogP contribution in [0.2, 0.25) is 0 Å². The minimum absolute atomic E-state index is 0.144. The first-order valence-electron chi connectivity index (χ1n) is 8.51. The van der Waals surface area contributed by atoms with Crippen molar-refractivity contribution in [2.45, 2.75) is 50.8 Å². The number of rotatable bonds is 4. The van der Waals surface area contributed by atoms with Crippen LogP contribution in [0.1, 0.15) is 44.3 Å². The zero-order chi connectivity index (χ0) is 16.4. The van der Waals surface area contributed by atoms with Gasteiger partial charge in [-0.15, -0.1) is 0 Å². The number of carbonyl (C=O) groups excluding carboxylic acids is 1. The summed E-state index contributed by atoms with van der Waals surface area (Å²) in [6, 6.07) is 6.74. The zero-order valence-electron chi connectivity index (χ0n) is 13.6. The molecule has 2 aliphatic heterocycles. The third-order valence-electron chi connectivity index (χ3n) is 5.20. The molecule has 2 heterocycles. The fourth-order valence-corrected chi connectivity index (χ4v) is 4.14. The highest BCUT2D eigenvalue weighted by atomic mass is 19.1. The van der Waals surface area contributed by atoms with Gasteiger partial charge < -0.3 is 10.0 Å². The molecule has 1 aromatic rings. The molecule has 3 atom stereocenters. The van der Waals surface area contributed by atoms with Crippen molar-refractivity contribution in [2.24, 2.45) is 0 Å². The second-order valence-corrected chi connectivity index (χ2v) is 6.70. The van der Waals surface area contributed by atoms with Gasteiger partial charge in [0.1, 0.15) is 5.82 Å². The van der Waals surface area contributed by atoms with Crippen LogP contribution < -0.4 is 0 Å². The lowest BCUT2D eigenvalue weighted by Gasteiger charge is -2.35. The number of aliphatic hydroxyl groups is 1. The molecular formula is C18H25FN2O2. The summed E-state index contributed by atoms with van der Waals surface area (Å²) in [4.78, 5) is 16.1. The van der Waals surface area contributed by atoms with Crippen molar-refractivity contribution in [3.05, 3.63) is 35.6 Å². The van der Waals surface area contributed by atoms with Gasteiger partial charge in [-0.1, -0.05) is 12.1 Å². The zero-order valence-corrected chi connectivity index (χ0v) is 13.6. The lowest BCUT2D eigenvalue weighted by Crippen LogP contribution is -2.48. The predicted octanol–water partition coefficient (Wildman–Crippen LogP) is 2.33. The topological polar surface area (TPSA) is 43.8 Å². The molecule has 0 aliphatic carbocycles. The Morgan fingerprint density at radius 1 is 1.30 bits per heavy atom. The standard InChI is InChI=1S/C18H25FN2O2/c1-13(22)21-10-4-8-17(21)16-7-3-9-20(16)12-18(23)14-5-2-6-15(19)11-14/h2,5-6,11,16-18,23H,3-4,7-10,12H2,1H3/t16-,17-,18+/m1/s1. The van der Waals surface area contributed by atoms with E-state index in [1.165, 1.54) is 12.1 Å². The molecule has 1 N–H and O–H groups in total. The van der Waals surface area contributed by atoms with Crippen molar-refractivity contribution >= 4 is 5.91 Å². The number of amides is 1. The minimum atomic E-state index is -0.696. The molecule has 1 amide bonds. The van der Waals surface area contributed by atoms with E-state index in [9.17, 15) is 14.3 Å². The fraction of sp³-hybridized carbons (Fsp3) is 0.611. The normalized spacial score (nSPS) is 26.7. The van der Waals surface area contributed by atoms with Gasteiger partial charge in [-0.05, 0) is 49.9 Å². The molecule has 3 rings (SSSR count). The highest BCUT2D eigenvalue weighted by Gasteiger charge is 2.39. The van der Waals surface area contributed by atoms with Crippen molar-refractivity contribution in [1.29, 1.82) is 0 Å².